The Labute approximate surface area is 125 Å². The van der Waals surface area contributed by atoms with Crippen LogP contribution in [-0.4, -0.2) is 9.38 Å². The average Bonchev–Trinajstić information content (AvgIpc) is 3.13. The summed E-state index contributed by atoms with van der Waals surface area (Å²) >= 11 is 3.50. The van der Waals surface area contributed by atoms with Gasteiger partial charge in [-0.3, -0.25) is 0 Å². The number of thioether (sulfide) groups is 1. The van der Waals surface area contributed by atoms with E-state index in [-0.39, 0.29) is 0 Å². The molecule has 3 aromatic heterocycles. The first-order valence-corrected chi connectivity index (χ1v) is 8.29. The summed E-state index contributed by atoms with van der Waals surface area (Å²) in [5, 5.41) is 3.21. The van der Waals surface area contributed by atoms with Crippen molar-refractivity contribution in [3.8, 4) is 0 Å². The van der Waals surface area contributed by atoms with Crippen molar-refractivity contribution >= 4 is 39.0 Å². The number of hydrogen-bond acceptors (Lipinski definition) is 3. The van der Waals surface area contributed by atoms with Gasteiger partial charge in [0.25, 0.3) is 0 Å². The summed E-state index contributed by atoms with van der Waals surface area (Å²) in [6.45, 7) is 0. The van der Waals surface area contributed by atoms with Gasteiger partial charge in [-0.25, -0.2) is 4.98 Å². The van der Waals surface area contributed by atoms with Crippen LogP contribution in [0.5, 0.6) is 0 Å². The second-order valence-electron chi connectivity index (χ2n) is 4.57. The molecule has 4 rings (SSSR count). The molecule has 0 aliphatic rings. The molecule has 0 unspecified atom stereocenters. The fourth-order valence-corrected chi connectivity index (χ4v) is 4.09. The van der Waals surface area contributed by atoms with Crippen molar-refractivity contribution in [1.29, 1.82) is 0 Å². The van der Waals surface area contributed by atoms with Crippen molar-refractivity contribution in [3.63, 3.8) is 0 Å². The number of thiophene rings is 1. The van der Waals surface area contributed by atoms with Crippen molar-refractivity contribution < 1.29 is 0 Å². The van der Waals surface area contributed by atoms with E-state index >= 15 is 0 Å². The first-order valence-electron chi connectivity index (χ1n) is 6.43. The molecule has 0 bridgehead atoms. The summed E-state index contributed by atoms with van der Waals surface area (Å²) in [4.78, 5) is 5.91. The number of aromatic nitrogens is 2. The molecule has 0 radical (unpaired) electrons. The number of nitrogens with zero attached hydrogens (tertiary/aromatic N) is 2. The third-order valence-corrected chi connectivity index (χ3v) is 5.12. The fourth-order valence-electron chi connectivity index (χ4n) is 2.31. The summed E-state index contributed by atoms with van der Waals surface area (Å²) in [7, 11) is 0. The Bertz CT molecular complexity index is 862. The van der Waals surface area contributed by atoms with Gasteiger partial charge in [0.15, 0.2) is 0 Å². The summed E-state index contributed by atoms with van der Waals surface area (Å²) in [5.41, 5.74) is 3.71. The second-order valence-corrected chi connectivity index (χ2v) is 6.42. The van der Waals surface area contributed by atoms with Crippen molar-refractivity contribution in [2.45, 2.75) is 10.8 Å². The topological polar surface area (TPSA) is 17.3 Å². The first kappa shape index (κ1) is 12.0. The number of hydrogen-bond donors (Lipinski definition) is 0. The number of rotatable bonds is 3. The molecule has 0 spiro atoms. The van der Waals surface area contributed by atoms with Gasteiger partial charge < -0.3 is 4.40 Å². The quantitative estimate of drug-likeness (QED) is 0.503. The van der Waals surface area contributed by atoms with Crippen LogP contribution in [0.15, 0.2) is 65.1 Å². The summed E-state index contributed by atoms with van der Waals surface area (Å²) < 4.78 is 2.23. The van der Waals surface area contributed by atoms with Crippen LogP contribution in [0.4, 0.5) is 0 Å². The lowest BCUT2D eigenvalue weighted by atomic mass is 10.2. The van der Waals surface area contributed by atoms with Crippen molar-refractivity contribution in [2.75, 3.05) is 0 Å². The molecule has 0 N–H and O–H groups in total. The van der Waals surface area contributed by atoms with Gasteiger partial charge in [-0.2, -0.15) is 0 Å². The smallest absolute Gasteiger partial charge is 0.141 e. The lowest BCUT2D eigenvalue weighted by Crippen LogP contribution is -1.91. The van der Waals surface area contributed by atoms with E-state index in [1.54, 1.807) is 23.1 Å². The molecule has 3 heterocycles. The van der Waals surface area contributed by atoms with E-state index in [4.69, 9.17) is 4.98 Å². The Hall–Kier alpha value is -1.78. The Morgan fingerprint density at radius 3 is 2.80 bits per heavy atom. The maximum atomic E-state index is 4.81. The Morgan fingerprint density at radius 2 is 1.90 bits per heavy atom. The monoisotopic (exact) mass is 296 g/mol. The summed E-state index contributed by atoms with van der Waals surface area (Å²) in [6, 6.07) is 16.9. The predicted molar refractivity (Wildman–Crippen MR) is 86.6 cm³/mol. The first-order chi connectivity index (χ1) is 9.92. The van der Waals surface area contributed by atoms with Crippen LogP contribution in [0.25, 0.3) is 15.9 Å². The molecule has 0 amide bonds. The zero-order valence-corrected chi connectivity index (χ0v) is 12.3. The van der Waals surface area contributed by atoms with Crippen LogP contribution in [0.2, 0.25) is 0 Å². The third kappa shape index (κ3) is 2.01. The Balaban J connectivity index is 1.76. The standard InChI is InChI=1S/C16H12N2S2/c1-2-5-12(6-3-1)11-20-16-13-7-4-9-18(13)14-8-10-19-15(14)17-16/h1-10H,11H2. The summed E-state index contributed by atoms with van der Waals surface area (Å²) in [6.07, 6.45) is 2.11. The van der Waals surface area contributed by atoms with Gasteiger partial charge in [-0.1, -0.05) is 42.1 Å². The minimum absolute atomic E-state index is 0.950. The van der Waals surface area contributed by atoms with Gasteiger partial charge in [-0.05, 0) is 29.1 Å². The highest BCUT2D eigenvalue weighted by atomic mass is 32.2. The normalized spacial score (nSPS) is 11.4. The third-order valence-electron chi connectivity index (χ3n) is 3.27. The van der Waals surface area contributed by atoms with Crippen LogP contribution in [0, 0.1) is 0 Å². The lowest BCUT2D eigenvalue weighted by molar-refractivity contribution is 1.13. The van der Waals surface area contributed by atoms with Gasteiger partial charge in [0.2, 0.25) is 0 Å². The van der Waals surface area contributed by atoms with Crippen LogP contribution in [0.3, 0.4) is 0 Å². The molecule has 1 aromatic carbocycles. The van der Waals surface area contributed by atoms with Crippen molar-refractivity contribution in [3.05, 3.63) is 65.7 Å². The highest BCUT2D eigenvalue weighted by Crippen LogP contribution is 2.30. The SMILES string of the molecule is c1ccc(CSc2nc3sccc3n3cccc23)cc1. The van der Waals surface area contributed by atoms with E-state index in [9.17, 15) is 0 Å². The van der Waals surface area contributed by atoms with Gasteiger partial charge in [0, 0.05) is 11.9 Å². The Kier molecular flexibility index (Phi) is 2.98. The molecule has 2 nitrogen and oxygen atoms in total. The van der Waals surface area contributed by atoms with Gasteiger partial charge in [0.1, 0.15) is 9.86 Å². The van der Waals surface area contributed by atoms with Crippen molar-refractivity contribution in [2.24, 2.45) is 0 Å². The molecule has 0 fully saturated rings. The fraction of sp³-hybridized carbons (Fsp3) is 0.0625. The molecular weight excluding hydrogens is 284 g/mol. The zero-order valence-electron chi connectivity index (χ0n) is 10.7. The van der Waals surface area contributed by atoms with E-state index in [0.717, 1.165) is 15.6 Å². The van der Waals surface area contributed by atoms with Gasteiger partial charge in [0.05, 0.1) is 11.0 Å². The van der Waals surface area contributed by atoms with E-state index in [1.165, 1.54) is 16.6 Å². The molecule has 4 aromatic rings. The van der Waals surface area contributed by atoms with Gasteiger partial charge >= 0.3 is 0 Å². The minimum Gasteiger partial charge on any atom is -0.312 e. The minimum atomic E-state index is 0.950. The molecule has 0 saturated carbocycles. The second kappa shape index (κ2) is 4.96. The van der Waals surface area contributed by atoms with E-state index in [0.29, 0.717) is 0 Å². The zero-order chi connectivity index (χ0) is 13.4. The highest BCUT2D eigenvalue weighted by Gasteiger charge is 2.09. The predicted octanol–water partition coefficient (Wildman–Crippen LogP) is 4.84. The molecule has 0 atom stereocenters. The molecule has 0 aliphatic carbocycles. The van der Waals surface area contributed by atoms with Gasteiger partial charge in [-0.15, -0.1) is 11.3 Å². The summed E-state index contributed by atoms with van der Waals surface area (Å²) in [5.74, 6) is 0.950. The number of benzene rings is 1. The molecule has 20 heavy (non-hydrogen) atoms. The van der Waals surface area contributed by atoms with Crippen LogP contribution in [0.1, 0.15) is 5.56 Å². The van der Waals surface area contributed by atoms with E-state index in [2.05, 4.69) is 64.5 Å². The van der Waals surface area contributed by atoms with Crippen LogP contribution < -0.4 is 0 Å². The molecule has 0 saturated heterocycles. The maximum absolute atomic E-state index is 4.81. The molecule has 98 valence electrons. The highest BCUT2D eigenvalue weighted by molar-refractivity contribution is 7.98. The Morgan fingerprint density at radius 1 is 1.00 bits per heavy atom. The van der Waals surface area contributed by atoms with E-state index < -0.39 is 0 Å². The molecule has 0 aliphatic heterocycles. The molecule has 4 heteroatoms. The molecular formula is C16H12N2S2. The van der Waals surface area contributed by atoms with Crippen LogP contribution >= 0.6 is 23.1 Å². The maximum Gasteiger partial charge on any atom is 0.141 e. The van der Waals surface area contributed by atoms with E-state index in [1.807, 2.05) is 0 Å². The van der Waals surface area contributed by atoms with Crippen LogP contribution in [-0.2, 0) is 5.75 Å². The largest absolute Gasteiger partial charge is 0.312 e. The number of fused-ring (bicyclic) bond motifs is 3. The van der Waals surface area contributed by atoms with Crippen molar-refractivity contribution in [1.82, 2.24) is 9.38 Å². The lowest BCUT2D eigenvalue weighted by Gasteiger charge is -2.05. The average molecular weight is 296 g/mol.